The fraction of sp³-hybridized carbons (Fsp3) is 0.438. The van der Waals surface area contributed by atoms with Crippen molar-refractivity contribution in [1.29, 1.82) is 0 Å². The lowest BCUT2D eigenvalue weighted by atomic mass is 10.1. The molecule has 0 heterocycles. The third kappa shape index (κ3) is 6.66. The van der Waals surface area contributed by atoms with Crippen LogP contribution in [0.2, 0.25) is 0 Å². The molecule has 1 amide bonds. The van der Waals surface area contributed by atoms with Crippen LogP contribution >= 0.6 is 0 Å². The summed E-state index contributed by atoms with van der Waals surface area (Å²) in [5.74, 6) is -3.27. The number of carboxylic acids is 1. The molecular formula is C16H22N2O6. The van der Waals surface area contributed by atoms with E-state index in [4.69, 9.17) is 9.84 Å². The molecule has 0 saturated carbocycles. The van der Waals surface area contributed by atoms with Gasteiger partial charge in [-0.05, 0) is 17.7 Å². The van der Waals surface area contributed by atoms with Crippen molar-refractivity contribution in [2.75, 3.05) is 19.6 Å². The molecule has 1 aromatic carbocycles. The quantitative estimate of drug-likeness (QED) is 0.307. The molecule has 1 rings (SSSR count). The second-order valence-electron chi connectivity index (χ2n) is 5.44. The van der Waals surface area contributed by atoms with E-state index >= 15 is 0 Å². The van der Waals surface area contributed by atoms with Crippen LogP contribution < -0.4 is 10.6 Å². The van der Waals surface area contributed by atoms with Gasteiger partial charge in [0.2, 0.25) is 5.91 Å². The number of amides is 1. The Balaban J connectivity index is 2.58. The van der Waals surface area contributed by atoms with Gasteiger partial charge in [-0.2, -0.15) is 0 Å². The molecule has 8 nitrogen and oxygen atoms in total. The first kappa shape index (κ1) is 19.4. The predicted octanol–water partition coefficient (Wildman–Crippen LogP) is 0.423. The number of aromatic hydroxyl groups is 1. The van der Waals surface area contributed by atoms with Gasteiger partial charge in [-0.3, -0.25) is 4.79 Å². The van der Waals surface area contributed by atoms with Gasteiger partial charge in [-0.25, -0.2) is 9.59 Å². The van der Waals surface area contributed by atoms with E-state index in [1.54, 1.807) is 26.0 Å². The summed E-state index contributed by atoms with van der Waals surface area (Å²) in [5.41, 5.74) is 0.461. The number of esters is 1. The maximum Gasteiger partial charge on any atom is 0.417 e. The monoisotopic (exact) mass is 338 g/mol. The van der Waals surface area contributed by atoms with E-state index in [1.165, 1.54) is 12.1 Å². The number of carbonyl (C=O) groups is 3. The number of ether oxygens (including phenoxy) is 1. The number of phenols is 1. The first-order chi connectivity index (χ1) is 11.3. The topological polar surface area (TPSA) is 125 Å². The van der Waals surface area contributed by atoms with E-state index in [2.05, 4.69) is 10.6 Å². The fourth-order valence-corrected chi connectivity index (χ4v) is 1.84. The molecule has 0 aliphatic heterocycles. The van der Waals surface area contributed by atoms with Crippen LogP contribution in [0.3, 0.4) is 0 Å². The maximum atomic E-state index is 11.4. The van der Waals surface area contributed by atoms with Gasteiger partial charge in [0.05, 0.1) is 0 Å². The van der Waals surface area contributed by atoms with Crippen LogP contribution in [-0.4, -0.2) is 47.7 Å². The number of carboxylic acid groups (broad SMARTS) is 1. The molecule has 0 aromatic heterocycles. The number of aliphatic carboxylic acids is 1. The Morgan fingerprint density at radius 1 is 1.21 bits per heavy atom. The van der Waals surface area contributed by atoms with E-state index < -0.39 is 18.0 Å². The summed E-state index contributed by atoms with van der Waals surface area (Å²) < 4.78 is 4.92. The van der Waals surface area contributed by atoms with Gasteiger partial charge in [0.1, 0.15) is 11.9 Å². The van der Waals surface area contributed by atoms with Crippen molar-refractivity contribution >= 4 is 17.8 Å². The number of hydrogen-bond acceptors (Lipinski definition) is 6. The minimum Gasteiger partial charge on any atom is -0.508 e. The van der Waals surface area contributed by atoms with Crippen LogP contribution in [0.15, 0.2) is 24.3 Å². The SMILES string of the molecule is CC(C)C(=O)NCCNCC(OC(=O)C(=O)O)c1cccc(O)c1. The Morgan fingerprint density at radius 3 is 2.50 bits per heavy atom. The molecule has 0 bridgehead atoms. The summed E-state index contributed by atoms with van der Waals surface area (Å²) in [7, 11) is 0. The van der Waals surface area contributed by atoms with E-state index in [-0.39, 0.29) is 24.1 Å². The molecule has 24 heavy (non-hydrogen) atoms. The normalized spacial score (nSPS) is 11.8. The molecule has 0 spiro atoms. The minimum atomic E-state index is -1.69. The first-order valence-electron chi connectivity index (χ1n) is 7.52. The average molecular weight is 338 g/mol. The van der Waals surface area contributed by atoms with Gasteiger partial charge in [0.25, 0.3) is 0 Å². The molecule has 1 aromatic rings. The molecule has 0 fully saturated rings. The Kier molecular flexibility index (Phi) is 7.70. The number of nitrogens with one attached hydrogen (secondary N) is 2. The van der Waals surface area contributed by atoms with Gasteiger partial charge in [-0.1, -0.05) is 26.0 Å². The van der Waals surface area contributed by atoms with E-state index in [0.717, 1.165) is 0 Å². The van der Waals surface area contributed by atoms with E-state index in [0.29, 0.717) is 18.7 Å². The molecule has 0 aliphatic carbocycles. The van der Waals surface area contributed by atoms with Crippen molar-refractivity contribution in [3.8, 4) is 5.75 Å². The lowest BCUT2D eigenvalue weighted by Gasteiger charge is -2.18. The molecule has 1 unspecified atom stereocenters. The Labute approximate surface area is 139 Å². The van der Waals surface area contributed by atoms with Crippen molar-refractivity contribution < 1.29 is 29.3 Å². The highest BCUT2D eigenvalue weighted by Crippen LogP contribution is 2.21. The minimum absolute atomic E-state index is 0.0203. The van der Waals surface area contributed by atoms with Crippen LogP contribution in [0.5, 0.6) is 5.75 Å². The summed E-state index contributed by atoms with van der Waals surface area (Å²) in [4.78, 5) is 33.4. The van der Waals surface area contributed by atoms with Crippen molar-refractivity contribution in [3.63, 3.8) is 0 Å². The molecule has 132 valence electrons. The van der Waals surface area contributed by atoms with Crippen LogP contribution in [0.25, 0.3) is 0 Å². The Bertz CT molecular complexity index is 588. The number of rotatable bonds is 8. The molecule has 0 saturated heterocycles. The molecule has 1 atom stereocenters. The molecule has 8 heteroatoms. The third-order valence-corrected chi connectivity index (χ3v) is 3.12. The molecule has 0 radical (unpaired) electrons. The van der Waals surface area contributed by atoms with Crippen LogP contribution in [0, 0.1) is 5.92 Å². The largest absolute Gasteiger partial charge is 0.508 e. The zero-order chi connectivity index (χ0) is 18.1. The van der Waals surface area contributed by atoms with Crippen molar-refractivity contribution in [2.24, 2.45) is 5.92 Å². The fourth-order valence-electron chi connectivity index (χ4n) is 1.84. The summed E-state index contributed by atoms with van der Waals surface area (Å²) in [6, 6.07) is 6.02. The highest BCUT2D eigenvalue weighted by atomic mass is 16.6. The van der Waals surface area contributed by atoms with Crippen LogP contribution in [0.4, 0.5) is 0 Å². The second-order valence-corrected chi connectivity index (χ2v) is 5.44. The average Bonchev–Trinajstić information content (AvgIpc) is 2.52. The molecule has 0 aliphatic rings. The number of carbonyl (C=O) groups excluding carboxylic acids is 2. The second kappa shape index (κ2) is 9.51. The maximum absolute atomic E-state index is 11.4. The summed E-state index contributed by atoms with van der Waals surface area (Å²) >= 11 is 0. The zero-order valence-corrected chi connectivity index (χ0v) is 13.6. The zero-order valence-electron chi connectivity index (χ0n) is 13.6. The van der Waals surface area contributed by atoms with Crippen molar-refractivity contribution in [3.05, 3.63) is 29.8 Å². The van der Waals surface area contributed by atoms with Gasteiger partial charge in [0.15, 0.2) is 0 Å². The number of benzene rings is 1. The van der Waals surface area contributed by atoms with Crippen molar-refractivity contribution in [2.45, 2.75) is 20.0 Å². The van der Waals surface area contributed by atoms with Gasteiger partial charge >= 0.3 is 11.9 Å². The van der Waals surface area contributed by atoms with Crippen molar-refractivity contribution in [1.82, 2.24) is 10.6 Å². The Morgan fingerprint density at radius 2 is 1.92 bits per heavy atom. The third-order valence-electron chi connectivity index (χ3n) is 3.12. The standard InChI is InChI=1S/C16H22N2O6/c1-10(2)14(20)18-7-6-17-9-13(24-16(23)15(21)22)11-4-3-5-12(19)8-11/h3-5,8,10,13,17,19H,6-7,9H2,1-2H3,(H,18,20)(H,21,22). The van der Waals surface area contributed by atoms with Crippen LogP contribution in [-0.2, 0) is 19.1 Å². The summed E-state index contributed by atoms with van der Waals surface area (Å²) in [5, 5.41) is 23.9. The summed E-state index contributed by atoms with van der Waals surface area (Å²) in [6.45, 7) is 4.51. The number of hydrogen-bond donors (Lipinski definition) is 4. The first-order valence-corrected chi connectivity index (χ1v) is 7.52. The van der Waals surface area contributed by atoms with Gasteiger partial charge < -0.3 is 25.6 Å². The van der Waals surface area contributed by atoms with Gasteiger partial charge in [0, 0.05) is 25.6 Å². The number of phenolic OH excluding ortho intramolecular Hbond substituents is 1. The lowest BCUT2D eigenvalue weighted by molar-refractivity contribution is -0.167. The molecular weight excluding hydrogens is 316 g/mol. The molecule has 4 N–H and O–H groups in total. The Hall–Kier alpha value is -2.61. The van der Waals surface area contributed by atoms with Gasteiger partial charge in [-0.15, -0.1) is 0 Å². The smallest absolute Gasteiger partial charge is 0.417 e. The summed E-state index contributed by atoms with van der Waals surface area (Å²) in [6.07, 6.45) is -0.874. The highest BCUT2D eigenvalue weighted by molar-refractivity contribution is 6.28. The van der Waals surface area contributed by atoms with E-state index in [1.807, 2.05) is 0 Å². The van der Waals surface area contributed by atoms with Crippen LogP contribution in [0.1, 0.15) is 25.5 Å². The predicted molar refractivity (Wildman–Crippen MR) is 85.3 cm³/mol. The van der Waals surface area contributed by atoms with E-state index in [9.17, 15) is 19.5 Å². The lowest BCUT2D eigenvalue weighted by Crippen LogP contribution is -2.36. The highest BCUT2D eigenvalue weighted by Gasteiger charge is 2.21.